The third kappa shape index (κ3) is 4.10. The lowest BCUT2D eigenvalue weighted by atomic mass is 10.1. The number of aromatic nitrogens is 2. The monoisotopic (exact) mass is 452 g/mol. The highest BCUT2D eigenvalue weighted by atomic mass is 79.9. The van der Waals surface area contributed by atoms with Crippen LogP contribution in [0.3, 0.4) is 0 Å². The Hall–Kier alpha value is -2.93. The van der Waals surface area contributed by atoms with Gasteiger partial charge in [-0.2, -0.15) is 5.10 Å². The van der Waals surface area contributed by atoms with Crippen LogP contribution in [0.4, 0.5) is 5.69 Å². The Morgan fingerprint density at radius 1 is 1.14 bits per heavy atom. The van der Waals surface area contributed by atoms with Crippen LogP contribution in [-0.2, 0) is 4.79 Å². The quantitative estimate of drug-likeness (QED) is 0.645. The fraction of sp³-hybridized carbons (Fsp3) is 0.227. The van der Waals surface area contributed by atoms with E-state index in [2.05, 4.69) is 26.3 Å². The third-order valence-corrected chi connectivity index (χ3v) is 5.63. The van der Waals surface area contributed by atoms with E-state index < -0.39 is 6.04 Å². The van der Waals surface area contributed by atoms with Gasteiger partial charge < -0.3 is 10.2 Å². The Morgan fingerprint density at radius 3 is 2.66 bits per heavy atom. The van der Waals surface area contributed by atoms with E-state index in [4.69, 9.17) is 0 Å². The van der Waals surface area contributed by atoms with Gasteiger partial charge in [0.1, 0.15) is 6.04 Å². The molecule has 2 aromatic carbocycles. The summed E-state index contributed by atoms with van der Waals surface area (Å²) in [5.41, 5.74) is 3.16. The molecule has 1 aromatic heterocycles. The van der Waals surface area contributed by atoms with Crippen LogP contribution >= 0.6 is 15.9 Å². The largest absolute Gasteiger partial charge is 0.327 e. The number of aryl methyl sites for hydroxylation is 1. The molecule has 148 valence electrons. The van der Waals surface area contributed by atoms with Crippen LogP contribution in [-0.4, -0.2) is 39.1 Å². The van der Waals surface area contributed by atoms with Crippen LogP contribution in [0.25, 0.3) is 5.69 Å². The highest BCUT2D eigenvalue weighted by Gasteiger charge is 2.34. The van der Waals surface area contributed by atoms with Crippen molar-refractivity contribution in [2.24, 2.45) is 0 Å². The van der Waals surface area contributed by atoms with E-state index in [1.165, 1.54) is 0 Å². The van der Waals surface area contributed by atoms with Gasteiger partial charge in [0, 0.05) is 34.2 Å². The molecule has 3 aromatic rings. The number of carbonyl (C=O) groups is 2. The number of hydrogen-bond acceptors (Lipinski definition) is 3. The summed E-state index contributed by atoms with van der Waals surface area (Å²) in [6, 6.07) is 16.2. The molecule has 1 saturated heterocycles. The van der Waals surface area contributed by atoms with Gasteiger partial charge in [0.25, 0.3) is 5.91 Å². The second-order valence-corrected chi connectivity index (χ2v) is 8.00. The average Bonchev–Trinajstić information content (AvgIpc) is 3.37. The molecule has 2 amide bonds. The Labute approximate surface area is 177 Å². The first-order valence-corrected chi connectivity index (χ1v) is 10.3. The van der Waals surface area contributed by atoms with Gasteiger partial charge in [-0.25, -0.2) is 4.68 Å². The van der Waals surface area contributed by atoms with E-state index in [0.717, 1.165) is 22.3 Å². The van der Waals surface area contributed by atoms with Crippen LogP contribution in [0.1, 0.15) is 28.9 Å². The summed E-state index contributed by atoms with van der Waals surface area (Å²) in [6.45, 7) is 2.56. The van der Waals surface area contributed by atoms with Gasteiger partial charge in [-0.15, -0.1) is 0 Å². The average molecular weight is 453 g/mol. The molecule has 0 saturated carbocycles. The van der Waals surface area contributed by atoms with E-state index in [9.17, 15) is 9.59 Å². The minimum Gasteiger partial charge on any atom is -0.327 e. The molecular weight excluding hydrogens is 432 g/mol. The Kier molecular flexibility index (Phi) is 5.49. The van der Waals surface area contributed by atoms with Gasteiger partial charge >= 0.3 is 0 Å². The molecule has 29 heavy (non-hydrogen) atoms. The number of hydrogen-bond donors (Lipinski definition) is 1. The molecule has 0 spiro atoms. The van der Waals surface area contributed by atoms with Crippen molar-refractivity contribution in [3.8, 4) is 5.69 Å². The van der Waals surface area contributed by atoms with Gasteiger partial charge in [-0.05, 0) is 68.3 Å². The van der Waals surface area contributed by atoms with Crippen LogP contribution in [0.2, 0.25) is 0 Å². The number of nitrogens with zero attached hydrogens (tertiary/aromatic N) is 3. The minimum absolute atomic E-state index is 0.115. The fourth-order valence-electron chi connectivity index (χ4n) is 3.62. The number of likely N-dealkylation sites (tertiary alicyclic amines) is 1. The van der Waals surface area contributed by atoms with E-state index in [-0.39, 0.29) is 11.8 Å². The number of nitrogens with one attached hydrogen (secondary N) is 1. The van der Waals surface area contributed by atoms with Crippen molar-refractivity contribution in [1.82, 2.24) is 14.7 Å². The predicted molar refractivity (Wildman–Crippen MR) is 115 cm³/mol. The molecule has 2 heterocycles. The molecule has 1 N–H and O–H groups in total. The van der Waals surface area contributed by atoms with Crippen LogP contribution in [0.5, 0.6) is 0 Å². The molecule has 0 bridgehead atoms. The van der Waals surface area contributed by atoms with Gasteiger partial charge in [0.15, 0.2) is 0 Å². The van der Waals surface area contributed by atoms with Crippen LogP contribution in [0, 0.1) is 6.92 Å². The van der Waals surface area contributed by atoms with Crippen molar-refractivity contribution in [2.75, 3.05) is 11.9 Å². The first-order valence-electron chi connectivity index (χ1n) is 9.51. The van der Waals surface area contributed by atoms with Crippen molar-refractivity contribution in [1.29, 1.82) is 0 Å². The number of benzene rings is 2. The van der Waals surface area contributed by atoms with Crippen molar-refractivity contribution in [3.05, 3.63) is 76.5 Å². The Balaban J connectivity index is 1.50. The number of halogens is 1. The van der Waals surface area contributed by atoms with Crippen molar-refractivity contribution < 1.29 is 9.59 Å². The second-order valence-electron chi connectivity index (χ2n) is 7.09. The number of rotatable bonds is 4. The molecule has 7 heteroatoms. The number of carbonyl (C=O) groups excluding carboxylic acids is 2. The summed E-state index contributed by atoms with van der Waals surface area (Å²) >= 11 is 3.38. The summed E-state index contributed by atoms with van der Waals surface area (Å²) in [5, 5.41) is 7.28. The number of amides is 2. The maximum atomic E-state index is 12.9. The summed E-state index contributed by atoms with van der Waals surface area (Å²) in [4.78, 5) is 27.5. The Bertz CT molecular complexity index is 1040. The van der Waals surface area contributed by atoms with E-state index in [1.54, 1.807) is 23.2 Å². The standard InChI is InChI=1S/C22H21BrN4O2/c1-15-11-12-24-27(15)19-5-2-4-18(14-19)25-21(28)20-6-3-13-26(20)22(29)16-7-9-17(23)10-8-16/h2,4-5,7-12,14,20H,3,6,13H2,1H3,(H,25,28). The molecule has 0 aliphatic carbocycles. The zero-order valence-corrected chi connectivity index (χ0v) is 17.6. The van der Waals surface area contributed by atoms with Crippen LogP contribution in [0.15, 0.2) is 65.3 Å². The molecule has 1 unspecified atom stereocenters. The van der Waals surface area contributed by atoms with Gasteiger partial charge in [0.05, 0.1) is 5.69 Å². The highest BCUT2D eigenvalue weighted by molar-refractivity contribution is 9.10. The lowest BCUT2D eigenvalue weighted by molar-refractivity contribution is -0.119. The topological polar surface area (TPSA) is 67.2 Å². The van der Waals surface area contributed by atoms with Gasteiger partial charge in [0.2, 0.25) is 5.91 Å². The second kappa shape index (κ2) is 8.21. The predicted octanol–water partition coefficient (Wildman–Crippen LogP) is 4.19. The zero-order valence-electron chi connectivity index (χ0n) is 16.0. The van der Waals surface area contributed by atoms with Gasteiger partial charge in [-0.1, -0.05) is 22.0 Å². The zero-order chi connectivity index (χ0) is 20.4. The summed E-state index contributed by atoms with van der Waals surface area (Å²) in [7, 11) is 0. The molecule has 0 radical (unpaired) electrons. The van der Waals surface area contributed by atoms with E-state index in [0.29, 0.717) is 24.2 Å². The van der Waals surface area contributed by atoms with Gasteiger partial charge in [-0.3, -0.25) is 9.59 Å². The van der Waals surface area contributed by atoms with Crippen LogP contribution < -0.4 is 5.32 Å². The lowest BCUT2D eigenvalue weighted by Gasteiger charge is -2.24. The highest BCUT2D eigenvalue weighted by Crippen LogP contribution is 2.23. The van der Waals surface area contributed by atoms with Crippen molar-refractivity contribution >= 4 is 33.4 Å². The summed E-state index contributed by atoms with van der Waals surface area (Å²) < 4.78 is 2.73. The normalized spacial score (nSPS) is 16.1. The van der Waals surface area contributed by atoms with E-state index >= 15 is 0 Å². The molecule has 6 nitrogen and oxygen atoms in total. The molecular formula is C22H21BrN4O2. The molecule has 1 aliphatic heterocycles. The summed E-state index contributed by atoms with van der Waals surface area (Å²) in [5.74, 6) is -0.279. The lowest BCUT2D eigenvalue weighted by Crippen LogP contribution is -2.43. The third-order valence-electron chi connectivity index (χ3n) is 5.10. The summed E-state index contributed by atoms with van der Waals surface area (Å²) in [6.07, 6.45) is 3.21. The smallest absolute Gasteiger partial charge is 0.254 e. The van der Waals surface area contributed by atoms with Crippen molar-refractivity contribution in [2.45, 2.75) is 25.8 Å². The fourth-order valence-corrected chi connectivity index (χ4v) is 3.89. The maximum absolute atomic E-state index is 12.9. The Morgan fingerprint density at radius 2 is 1.93 bits per heavy atom. The SMILES string of the molecule is Cc1ccnn1-c1cccc(NC(=O)C2CCCN2C(=O)c2ccc(Br)cc2)c1. The minimum atomic E-state index is -0.471. The first-order chi connectivity index (χ1) is 14.0. The molecule has 4 rings (SSSR count). The maximum Gasteiger partial charge on any atom is 0.254 e. The number of anilines is 1. The van der Waals surface area contributed by atoms with E-state index in [1.807, 2.05) is 54.1 Å². The first kappa shape index (κ1) is 19.4. The van der Waals surface area contributed by atoms with Crippen molar-refractivity contribution in [3.63, 3.8) is 0 Å². The molecule has 1 fully saturated rings. The molecule has 1 atom stereocenters. The molecule has 1 aliphatic rings.